The summed E-state index contributed by atoms with van der Waals surface area (Å²) < 4.78 is 55.5. The Kier molecular flexibility index (Phi) is 12.7. The van der Waals surface area contributed by atoms with Crippen LogP contribution in [-0.2, 0) is 43.1 Å². The summed E-state index contributed by atoms with van der Waals surface area (Å²) in [5.41, 5.74) is 11.3. The number of aryl methyl sites for hydroxylation is 3. The molecule has 382 valence electrons. The zero-order valence-corrected chi connectivity index (χ0v) is 43.5. The fraction of sp³-hybridized carbons (Fsp3) is 0.262. The number of allylic oxidation sites excluding steroid dienone is 3. The molecule has 1 aromatic heterocycles. The quantitative estimate of drug-likeness (QED) is 0.0286. The molecule has 0 fully saturated rings. The summed E-state index contributed by atoms with van der Waals surface area (Å²) in [5.74, 6) is -1.05. The number of carbonyl (C=O) groups is 3. The standard InChI is InChI=1S/C65H59BF2N2O6/c1-5-74-57(71)34-32-55-47-21-7-9-23-53(47)64-63(65-54-24-10-8-22-48(54)56(33-35-58(72)75-6-2)70(65)66(67,68)69(55)64)60-39(3)36-44(37-40(60)4)43-19-11-20-45(38-43)76-59(73)29-14-16-41-30-31-52-50-27-13-18-42-17-12-26-49(61(42)50)51-28-15-25-46(41)62(51)52/h11-13,15,17-20,25-28,30-38H,5-10,14,16,21-24,29H2,1-4H3/b34-32+,35-33+. The van der Waals surface area contributed by atoms with Crippen molar-refractivity contribution in [3.05, 3.63) is 183 Å². The highest BCUT2D eigenvalue weighted by Gasteiger charge is 2.58. The summed E-state index contributed by atoms with van der Waals surface area (Å²) in [6.45, 7) is 3.24. The van der Waals surface area contributed by atoms with Crippen LogP contribution in [0.1, 0.15) is 110 Å². The van der Waals surface area contributed by atoms with E-state index in [0.717, 1.165) is 87.8 Å². The van der Waals surface area contributed by atoms with Crippen LogP contribution in [0.2, 0.25) is 0 Å². The summed E-state index contributed by atoms with van der Waals surface area (Å²) in [7, 11) is 0. The number of rotatable bonds is 13. The summed E-state index contributed by atoms with van der Waals surface area (Å²) in [6.07, 6.45) is 12.9. The van der Waals surface area contributed by atoms with Gasteiger partial charge in [-0.05, 0) is 198 Å². The minimum absolute atomic E-state index is 0.160. The number of carbonyl (C=O) groups excluding carboxylic acids is 3. The molecule has 0 saturated carbocycles. The predicted octanol–water partition coefficient (Wildman–Crippen LogP) is 14.7. The van der Waals surface area contributed by atoms with Crippen LogP contribution in [0.4, 0.5) is 8.63 Å². The van der Waals surface area contributed by atoms with Crippen molar-refractivity contribution in [3.63, 3.8) is 0 Å². The molecule has 8 nitrogen and oxygen atoms in total. The van der Waals surface area contributed by atoms with Crippen molar-refractivity contribution in [2.45, 2.75) is 98.3 Å². The van der Waals surface area contributed by atoms with E-state index in [1.54, 1.807) is 19.9 Å². The van der Waals surface area contributed by atoms with Crippen LogP contribution >= 0.6 is 0 Å². The normalized spacial score (nSPS) is 16.1. The van der Waals surface area contributed by atoms with Crippen LogP contribution in [0.5, 0.6) is 5.75 Å². The third-order valence-corrected chi connectivity index (χ3v) is 16.2. The Labute approximate surface area is 441 Å². The van der Waals surface area contributed by atoms with Crippen LogP contribution in [0.25, 0.3) is 65.9 Å². The van der Waals surface area contributed by atoms with E-state index < -0.39 is 18.9 Å². The van der Waals surface area contributed by atoms with E-state index in [-0.39, 0.29) is 25.6 Å². The lowest BCUT2D eigenvalue weighted by atomic mass is 9.78. The number of benzene rings is 7. The Bertz CT molecular complexity index is 3850. The molecule has 0 atom stereocenters. The van der Waals surface area contributed by atoms with Crippen molar-refractivity contribution in [1.82, 2.24) is 4.48 Å². The van der Waals surface area contributed by atoms with E-state index in [2.05, 4.69) is 78.9 Å². The molecule has 4 aliphatic rings. The predicted molar refractivity (Wildman–Crippen MR) is 300 cm³/mol. The van der Waals surface area contributed by atoms with E-state index in [4.69, 9.17) is 14.2 Å². The molecule has 0 spiro atoms. The molecule has 0 N–H and O–H groups in total. The van der Waals surface area contributed by atoms with Crippen molar-refractivity contribution in [2.24, 2.45) is 0 Å². The fourth-order valence-electron chi connectivity index (χ4n) is 13.2. The highest BCUT2D eigenvalue weighted by atomic mass is 19.2. The monoisotopic (exact) mass is 1010 g/mol. The van der Waals surface area contributed by atoms with Crippen molar-refractivity contribution in [1.29, 1.82) is 0 Å². The molecule has 0 amide bonds. The van der Waals surface area contributed by atoms with Crippen molar-refractivity contribution < 1.29 is 41.7 Å². The number of halogens is 2. The van der Waals surface area contributed by atoms with Gasteiger partial charge in [-0.2, -0.15) is 0 Å². The molecule has 2 aliphatic carbocycles. The largest absolute Gasteiger partial charge is 0.737 e. The van der Waals surface area contributed by atoms with E-state index in [1.165, 1.54) is 81.9 Å². The maximum absolute atomic E-state index is 18.3. The van der Waals surface area contributed by atoms with Gasteiger partial charge in [-0.15, -0.1) is 0 Å². The van der Waals surface area contributed by atoms with Gasteiger partial charge in [0.25, 0.3) is 0 Å². The second-order valence-corrected chi connectivity index (χ2v) is 20.7. The van der Waals surface area contributed by atoms with Crippen LogP contribution < -0.4 is 4.74 Å². The molecule has 0 unspecified atom stereocenters. The molecule has 76 heavy (non-hydrogen) atoms. The number of aromatic nitrogens is 1. The Balaban J connectivity index is 0.882. The summed E-state index contributed by atoms with van der Waals surface area (Å²) in [5, 5.41) is 9.98. The van der Waals surface area contributed by atoms with Gasteiger partial charge in [0.1, 0.15) is 5.75 Å². The Morgan fingerprint density at radius 1 is 0.658 bits per heavy atom. The van der Waals surface area contributed by atoms with E-state index in [0.29, 0.717) is 60.7 Å². The molecule has 0 saturated heterocycles. The van der Waals surface area contributed by atoms with Crippen LogP contribution in [0.3, 0.4) is 0 Å². The van der Waals surface area contributed by atoms with Gasteiger partial charge in [-0.1, -0.05) is 91.0 Å². The summed E-state index contributed by atoms with van der Waals surface area (Å²) in [4.78, 5) is 39.2. The minimum Gasteiger partial charge on any atom is -0.463 e. The molecule has 3 heterocycles. The average molecular weight is 1010 g/mol. The van der Waals surface area contributed by atoms with E-state index in [9.17, 15) is 14.4 Å². The second kappa shape index (κ2) is 19.7. The molecule has 11 heteroatoms. The van der Waals surface area contributed by atoms with Gasteiger partial charge in [-0.25, -0.2) is 9.59 Å². The maximum atomic E-state index is 18.3. The van der Waals surface area contributed by atoms with Crippen LogP contribution in [0, 0.1) is 13.8 Å². The summed E-state index contributed by atoms with van der Waals surface area (Å²) in [6, 6.07) is 35.8. The van der Waals surface area contributed by atoms with Crippen molar-refractivity contribution in [2.75, 3.05) is 13.2 Å². The number of nitrogens with zero attached hydrogens (tertiary/aromatic N) is 2. The molecule has 12 rings (SSSR count). The zero-order chi connectivity index (χ0) is 52.4. The molecule has 7 aromatic carbocycles. The maximum Gasteiger partial charge on any atom is 0.737 e. The van der Waals surface area contributed by atoms with Gasteiger partial charge >= 0.3 is 24.9 Å². The Morgan fingerprint density at radius 3 is 1.97 bits per heavy atom. The second-order valence-electron chi connectivity index (χ2n) is 20.7. The number of hydrogen-bond acceptors (Lipinski definition) is 6. The SMILES string of the molecule is CCOC(=O)/C=C/C1=[N+]2C(=C(c3c(C)cc(-c4cccc(OC(=O)CCCc5ccc6c7cccc8cccc(c9cccc5c96)c87)c4)cc3C)c3c4c(c(/C=C/C(=O)OCC)n3[B-]2(F)F)CCCC4)C2=C1CCCC2. The summed E-state index contributed by atoms with van der Waals surface area (Å²) >= 11 is 0. The number of fused-ring (bicyclic) bond motifs is 7. The highest BCUT2D eigenvalue weighted by molar-refractivity contribution is 6.59. The van der Waals surface area contributed by atoms with Gasteiger partial charge in [0.15, 0.2) is 11.4 Å². The molecule has 0 radical (unpaired) electrons. The first-order valence-corrected chi connectivity index (χ1v) is 27.1. The van der Waals surface area contributed by atoms with Gasteiger partial charge in [0.2, 0.25) is 0 Å². The molecular formula is C65H59BF2N2O6. The number of esters is 3. The third-order valence-electron chi connectivity index (χ3n) is 16.2. The first-order chi connectivity index (χ1) is 37.0. The molecule has 2 aliphatic heterocycles. The van der Waals surface area contributed by atoms with Gasteiger partial charge < -0.3 is 31.8 Å². The number of hydrogen-bond donors (Lipinski definition) is 0. The van der Waals surface area contributed by atoms with Gasteiger partial charge in [0, 0.05) is 47.2 Å². The van der Waals surface area contributed by atoms with Crippen LogP contribution in [-0.4, -0.2) is 52.8 Å². The van der Waals surface area contributed by atoms with Crippen LogP contribution in [0.15, 0.2) is 138 Å². The fourth-order valence-corrected chi connectivity index (χ4v) is 13.2. The lowest BCUT2D eigenvalue weighted by molar-refractivity contribution is -0.362. The van der Waals surface area contributed by atoms with Gasteiger partial charge in [-0.3, -0.25) is 4.79 Å². The first kappa shape index (κ1) is 49.0. The smallest absolute Gasteiger partial charge is 0.463 e. The minimum atomic E-state index is -4.57. The highest BCUT2D eigenvalue weighted by Crippen LogP contribution is 2.52. The first-order valence-electron chi connectivity index (χ1n) is 27.1. The molecule has 0 bridgehead atoms. The van der Waals surface area contributed by atoms with E-state index >= 15 is 8.63 Å². The van der Waals surface area contributed by atoms with Crippen molar-refractivity contribution >= 4 is 85.3 Å². The number of ether oxygens (including phenoxy) is 3. The topological polar surface area (TPSA) is 86.8 Å². The zero-order valence-electron chi connectivity index (χ0n) is 43.5. The average Bonchev–Trinajstić information content (AvgIpc) is 4.09. The lowest BCUT2D eigenvalue weighted by Gasteiger charge is -2.35. The Morgan fingerprint density at radius 2 is 1.26 bits per heavy atom. The Hall–Kier alpha value is -7.92. The lowest BCUT2D eigenvalue weighted by Crippen LogP contribution is -2.52. The van der Waals surface area contributed by atoms with E-state index in [1.807, 2.05) is 32.0 Å². The molecule has 8 aromatic rings. The van der Waals surface area contributed by atoms with Crippen molar-refractivity contribution in [3.8, 4) is 16.9 Å². The third kappa shape index (κ3) is 8.17. The van der Waals surface area contributed by atoms with Gasteiger partial charge in [0.05, 0.1) is 18.8 Å². The molecular weight excluding hydrogens is 954 g/mol.